The van der Waals surface area contributed by atoms with Crippen molar-refractivity contribution in [1.29, 1.82) is 0 Å². The summed E-state index contributed by atoms with van der Waals surface area (Å²) >= 11 is 0. The van der Waals surface area contributed by atoms with Gasteiger partial charge in [0.2, 0.25) is 5.91 Å². The predicted molar refractivity (Wildman–Crippen MR) is 91.8 cm³/mol. The summed E-state index contributed by atoms with van der Waals surface area (Å²) in [5.74, 6) is -0.600. The third-order valence-electron chi connectivity index (χ3n) is 3.48. The zero-order valence-corrected chi connectivity index (χ0v) is 13.9. The number of anilines is 1. The van der Waals surface area contributed by atoms with E-state index in [-0.39, 0.29) is 18.3 Å². The van der Waals surface area contributed by atoms with Crippen molar-refractivity contribution in [2.45, 2.75) is 13.5 Å². The number of nitrogens with zero attached hydrogens (tertiary/aromatic N) is 1. The van der Waals surface area contributed by atoms with Crippen LogP contribution in [-0.2, 0) is 16.1 Å². The lowest BCUT2D eigenvalue weighted by Gasteiger charge is -2.04. The van der Waals surface area contributed by atoms with Gasteiger partial charge in [0.1, 0.15) is 18.1 Å². The maximum atomic E-state index is 12.9. The van der Waals surface area contributed by atoms with Crippen molar-refractivity contribution in [3.63, 3.8) is 0 Å². The van der Waals surface area contributed by atoms with Crippen LogP contribution in [0.5, 0.6) is 0 Å². The molecule has 0 saturated heterocycles. The van der Waals surface area contributed by atoms with E-state index in [2.05, 4.69) is 10.5 Å². The molecule has 1 heterocycles. The number of nitrogens with one attached hydrogen (secondary N) is 1. The molecule has 1 aromatic heterocycles. The minimum atomic E-state index is -0.522. The van der Waals surface area contributed by atoms with Gasteiger partial charge in [0.15, 0.2) is 5.76 Å². The lowest BCUT2D eigenvalue weighted by molar-refractivity contribution is -0.114. The number of ether oxygens (including phenoxy) is 1. The van der Waals surface area contributed by atoms with Gasteiger partial charge in [-0.05, 0) is 48.5 Å². The van der Waals surface area contributed by atoms with E-state index >= 15 is 0 Å². The first-order valence-corrected chi connectivity index (χ1v) is 7.77. The zero-order chi connectivity index (χ0) is 18.5. The Labute approximate surface area is 148 Å². The molecule has 0 saturated carbocycles. The number of amides is 1. The topological polar surface area (TPSA) is 81.4 Å². The molecule has 3 aromatic rings. The molecular formula is C19H15FN2O4. The zero-order valence-electron chi connectivity index (χ0n) is 13.9. The van der Waals surface area contributed by atoms with Gasteiger partial charge in [-0.3, -0.25) is 4.79 Å². The second kappa shape index (κ2) is 7.60. The average Bonchev–Trinajstić information content (AvgIpc) is 3.09. The van der Waals surface area contributed by atoms with E-state index in [1.807, 2.05) is 0 Å². The van der Waals surface area contributed by atoms with E-state index in [0.717, 1.165) is 0 Å². The Morgan fingerprint density at radius 2 is 1.81 bits per heavy atom. The Morgan fingerprint density at radius 1 is 1.12 bits per heavy atom. The first-order chi connectivity index (χ1) is 12.5. The Morgan fingerprint density at radius 3 is 2.46 bits per heavy atom. The van der Waals surface area contributed by atoms with Gasteiger partial charge in [-0.1, -0.05) is 5.16 Å². The molecule has 1 N–H and O–H groups in total. The number of hydrogen-bond donors (Lipinski definition) is 1. The summed E-state index contributed by atoms with van der Waals surface area (Å²) in [4.78, 5) is 23.0. The summed E-state index contributed by atoms with van der Waals surface area (Å²) in [7, 11) is 0. The summed E-state index contributed by atoms with van der Waals surface area (Å²) in [6, 6.07) is 13.7. The largest absolute Gasteiger partial charge is 0.455 e. The molecule has 0 unspecified atom stereocenters. The lowest BCUT2D eigenvalue weighted by Crippen LogP contribution is -2.07. The van der Waals surface area contributed by atoms with Crippen LogP contribution < -0.4 is 5.32 Å². The number of carbonyl (C=O) groups excluding carboxylic acids is 2. The number of aromatic nitrogens is 1. The molecule has 0 fully saturated rings. The second-order valence-corrected chi connectivity index (χ2v) is 5.52. The van der Waals surface area contributed by atoms with Gasteiger partial charge in [0, 0.05) is 24.2 Å². The first-order valence-electron chi connectivity index (χ1n) is 7.77. The molecule has 0 aliphatic rings. The highest BCUT2D eigenvalue weighted by molar-refractivity contribution is 5.92. The summed E-state index contributed by atoms with van der Waals surface area (Å²) in [5.41, 5.74) is 2.05. The van der Waals surface area contributed by atoms with Crippen LogP contribution in [-0.4, -0.2) is 17.0 Å². The molecule has 1 amide bonds. The molecule has 0 spiro atoms. The molecule has 132 valence electrons. The average molecular weight is 354 g/mol. The molecule has 0 aliphatic carbocycles. The predicted octanol–water partition coefficient (Wildman–Crippen LogP) is 3.80. The fourth-order valence-corrected chi connectivity index (χ4v) is 2.25. The molecule has 0 radical (unpaired) electrons. The van der Waals surface area contributed by atoms with Gasteiger partial charge in [-0.25, -0.2) is 9.18 Å². The number of benzene rings is 2. The van der Waals surface area contributed by atoms with E-state index in [1.54, 1.807) is 42.5 Å². The van der Waals surface area contributed by atoms with E-state index in [9.17, 15) is 14.0 Å². The van der Waals surface area contributed by atoms with Crippen molar-refractivity contribution in [3.8, 4) is 11.3 Å². The van der Waals surface area contributed by atoms with Gasteiger partial charge < -0.3 is 14.6 Å². The molecule has 26 heavy (non-hydrogen) atoms. The van der Waals surface area contributed by atoms with Crippen LogP contribution in [0.25, 0.3) is 11.3 Å². The van der Waals surface area contributed by atoms with Crippen LogP contribution in [0.2, 0.25) is 0 Å². The Balaban J connectivity index is 1.59. The van der Waals surface area contributed by atoms with Crippen molar-refractivity contribution in [2.75, 3.05) is 5.32 Å². The van der Waals surface area contributed by atoms with Crippen LogP contribution in [0.15, 0.2) is 59.1 Å². The minimum absolute atomic E-state index is 0.0586. The summed E-state index contributed by atoms with van der Waals surface area (Å²) in [6.45, 7) is 1.34. The highest BCUT2D eigenvalue weighted by Gasteiger charge is 2.11. The molecule has 3 rings (SSSR count). The van der Waals surface area contributed by atoms with Gasteiger partial charge in [-0.2, -0.15) is 0 Å². The molecule has 0 atom stereocenters. The van der Waals surface area contributed by atoms with Crippen molar-refractivity contribution >= 4 is 17.6 Å². The quantitative estimate of drug-likeness (QED) is 0.705. The molecular weight excluding hydrogens is 339 g/mol. The molecule has 0 aliphatic heterocycles. The Bertz CT molecular complexity index is 917. The van der Waals surface area contributed by atoms with Gasteiger partial charge in [-0.15, -0.1) is 0 Å². The highest BCUT2D eigenvalue weighted by atomic mass is 19.1. The molecule has 7 heteroatoms. The third-order valence-corrected chi connectivity index (χ3v) is 3.48. The van der Waals surface area contributed by atoms with Crippen molar-refractivity contribution in [1.82, 2.24) is 5.16 Å². The van der Waals surface area contributed by atoms with E-state index in [0.29, 0.717) is 28.3 Å². The molecule has 0 bridgehead atoms. The first kappa shape index (κ1) is 17.3. The summed E-state index contributed by atoms with van der Waals surface area (Å²) in [5, 5.41) is 6.45. The molecule has 6 nitrogen and oxygen atoms in total. The molecule has 2 aromatic carbocycles. The Kier molecular flexibility index (Phi) is 5.07. The number of hydrogen-bond acceptors (Lipinski definition) is 5. The fraction of sp³-hybridized carbons (Fsp3) is 0.105. The van der Waals surface area contributed by atoms with E-state index in [1.165, 1.54) is 19.1 Å². The van der Waals surface area contributed by atoms with Gasteiger partial charge >= 0.3 is 5.97 Å². The summed E-state index contributed by atoms with van der Waals surface area (Å²) in [6.07, 6.45) is 0. The van der Waals surface area contributed by atoms with Gasteiger partial charge in [0.25, 0.3) is 0 Å². The van der Waals surface area contributed by atoms with Crippen LogP contribution in [0.1, 0.15) is 23.0 Å². The smallest absolute Gasteiger partial charge is 0.338 e. The van der Waals surface area contributed by atoms with Crippen molar-refractivity contribution < 1.29 is 23.2 Å². The van der Waals surface area contributed by atoms with Crippen LogP contribution in [0.4, 0.5) is 10.1 Å². The van der Waals surface area contributed by atoms with Crippen molar-refractivity contribution in [2.24, 2.45) is 0 Å². The Hall–Kier alpha value is -3.48. The van der Waals surface area contributed by atoms with Crippen LogP contribution in [0.3, 0.4) is 0 Å². The fourth-order valence-electron chi connectivity index (χ4n) is 2.25. The monoisotopic (exact) mass is 354 g/mol. The maximum Gasteiger partial charge on any atom is 0.338 e. The van der Waals surface area contributed by atoms with Crippen molar-refractivity contribution in [3.05, 3.63) is 71.7 Å². The number of rotatable bonds is 5. The normalized spacial score (nSPS) is 10.4. The minimum Gasteiger partial charge on any atom is -0.455 e. The standard InChI is InChI=1S/C19H15FN2O4/c1-12(23)21-16-8-4-14(5-9-16)19(24)25-11-17-10-18(26-22-17)13-2-6-15(20)7-3-13/h2-10H,11H2,1H3,(H,21,23). The van der Waals surface area contributed by atoms with E-state index in [4.69, 9.17) is 9.26 Å². The number of halogens is 1. The van der Waals surface area contributed by atoms with Crippen LogP contribution in [0, 0.1) is 5.82 Å². The SMILES string of the molecule is CC(=O)Nc1ccc(C(=O)OCc2cc(-c3ccc(F)cc3)on2)cc1. The van der Waals surface area contributed by atoms with Crippen LogP contribution >= 0.6 is 0 Å². The number of carbonyl (C=O) groups is 2. The maximum absolute atomic E-state index is 12.9. The lowest BCUT2D eigenvalue weighted by atomic mass is 10.1. The summed E-state index contributed by atoms with van der Waals surface area (Å²) < 4.78 is 23.3. The van der Waals surface area contributed by atoms with Gasteiger partial charge in [0.05, 0.1) is 5.56 Å². The van der Waals surface area contributed by atoms with E-state index < -0.39 is 5.97 Å². The highest BCUT2D eigenvalue weighted by Crippen LogP contribution is 2.21. The third kappa shape index (κ3) is 4.32. The number of esters is 1. The second-order valence-electron chi connectivity index (χ2n) is 5.52.